The van der Waals surface area contributed by atoms with Gasteiger partial charge in [-0.2, -0.15) is 13.2 Å². The summed E-state index contributed by atoms with van der Waals surface area (Å²) in [6.45, 7) is 0.306. The molecule has 9 heteroatoms. The Morgan fingerprint density at radius 3 is 2.55 bits per heavy atom. The van der Waals surface area contributed by atoms with Gasteiger partial charge in [-0.3, -0.25) is 4.79 Å². The van der Waals surface area contributed by atoms with Gasteiger partial charge >= 0.3 is 12.1 Å². The van der Waals surface area contributed by atoms with Crippen LogP contribution in [0.2, 0.25) is 0 Å². The molecule has 0 N–H and O–H groups in total. The maximum Gasteiger partial charge on any atom is 0.419 e. The first-order valence-electron chi connectivity index (χ1n) is 6.66. The molecule has 0 aromatic carbocycles. The molecule has 1 aliphatic rings. The van der Waals surface area contributed by atoms with Crippen LogP contribution in [0, 0.1) is 5.92 Å². The Morgan fingerprint density at radius 2 is 2.05 bits per heavy atom. The van der Waals surface area contributed by atoms with Crippen molar-refractivity contribution in [1.82, 2.24) is 9.97 Å². The third-order valence-electron chi connectivity index (χ3n) is 3.58. The molecule has 0 radical (unpaired) electrons. The molecule has 2 heterocycles. The highest BCUT2D eigenvalue weighted by atomic mass is 19.4. The molecule has 22 heavy (non-hydrogen) atoms. The minimum Gasteiger partial charge on any atom is -0.469 e. The van der Waals surface area contributed by atoms with Crippen molar-refractivity contribution in [3.8, 4) is 0 Å². The van der Waals surface area contributed by atoms with Crippen molar-refractivity contribution in [2.75, 3.05) is 25.1 Å². The molecule has 1 aliphatic heterocycles. The fourth-order valence-electron chi connectivity index (χ4n) is 2.29. The van der Waals surface area contributed by atoms with Crippen LogP contribution in [0.1, 0.15) is 18.4 Å². The fourth-order valence-corrected chi connectivity index (χ4v) is 2.29. The third-order valence-corrected chi connectivity index (χ3v) is 3.58. The zero-order valence-electron chi connectivity index (χ0n) is 11.8. The molecule has 0 bridgehead atoms. The highest BCUT2D eigenvalue weighted by Gasteiger charge is 2.34. The average Bonchev–Trinajstić information content (AvgIpc) is 2.48. The molecule has 0 saturated carbocycles. The summed E-state index contributed by atoms with van der Waals surface area (Å²) in [5.41, 5.74) is -0.950. The molecule has 0 aliphatic carbocycles. The molecule has 2 rings (SSSR count). The normalized spacial score (nSPS) is 22.5. The van der Waals surface area contributed by atoms with Crippen LogP contribution < -0.4 is 4.90 Å². The summed E-state index contributed by atoms with van der Waals surface area (Å²) in [5, 5.41) is 0. The first-order valence-corrected chi connectivity index (χ1v) is 6.66. The molecule has 2 unspecified atom stereocenters. The van der Waals surface area contributed by atoms with Crippen molar-refractivity contribution < 1.29 is 27.1 Å². The molecule has 1 saturated heterocycles. The lowest BCUT2D eigenvalue weighted by Gasteiger charge is -2.34. The van der Waals surface area contributed by atoms with Crippen LogP contribution in [0.5, 0.6) is 0 Å². The molecule has 0 spiro atoms. The number of carbonyl (C=O) groups excluding carboxylic acids is 1. The van der Waals surface area contributed by atoms with Gasteiger partial charge in [0.25, 0.3) is 0 Å². The van der Waals surface area contributed by atoms with Gasteiger partial charge in [0.1, 0.15) is 6.17 Å². The number of rotatable bonds is 3. The first-order chi connectivity index (χ1) is 10.3. The number of ether oxygens (including phenoxy) is 1. The van der Waals surface area contributed by atoms with E-state index in [1.165, 1.54) is 12.0 Å². The van der Waals surface area contributed by atoms with E-state index in [0.717, 1.165) is 0 Å². The van der Waals surface area contributed by atoms with Gasteiger partial charge in [0.05, 0.1) is 25.6 Å². The van der Waals surface area contributed by atoms with Crippen LogP contribution in [0.3, 0.4) is 0 Å². The number of alkyl halides is 4. The van der Waals surface area contributed by atoms with Crippen LogP contribution in [0.4, 0.5) is 23.5 Å². The van der Waals surface area contributed by atoms with Gasteiger partial charge in [-0.25, -0.2) is 14.4 Å². The Morgan fingerprint density at radius 1 is 1.41 bits per heavy atom. The van der Waals surface area contributed by atoms with E-state index < -0.39 is 29.8 Å². The third kappa shape index (κ3) is 3.83. The van der Waals surface area contributed by atoms with Crippen molar-refractivity contribution in [3.05, 3.63) is 18.0 Å². The Labute approximate surface area is 124 Å². The minimum atomic E-state index is -4.51. The van der Waals surface area contributed by atoms with E-state index in [-0.39, 0.29) is 18.9 Å². The van der Waals surface area contributed by atoms with Gasteiger partial charge in [0.15, 0.2) is 0 Å². The van der Waals surface area contributed by atoms with Gasteiger partial charge < -0.3 is 9.64 Å². The molecular weight excluding hydrogens is 306 g/mol. The van der Waals surface area contributed by atoms with Gasteiger partial charge in [-0.1, -0.05) is 0 Å². The van der Waals surface area contributed by atoms with E-state index in [0.29, 0.717) is 25.4 Å². The van der Waals surface area contributed by atoms with E-state index in [4.69, 9.17) is 0 Å². The molecule has 1 fully saturated rings. The number of aromatic nitrogens is 2. The monoisotopic (exact) mass is 321 g/mol. The Balaban J connectivity index is 1.99. The van der Waals surface area contributed by atoms with Crippen molar-refractivity contribution in [1.29, 1.82) is 0 Å². The zero-order valence-corrected chi connectivity index (χ0v) is 11.8. The highest BCUT2D eigenvalue weighted by Crippen LogP contribution is 2.30. The van der Waals surface area contributed by atoms with E-state index in [1.807, 2.05) is 0 Å². The number of esters is 1. The molecule has 0 amide bonds. The lowest BCUT2D eigenvalue weighted by Crippen LogP contribution is -2.43. The van der Waals surface area contributed by atoms with E-state index in [9.17, 15) is 22.4 Å². The Hall–Kier alpha value is -1.93. The Bertz CT molecular complexity index is 521. The largest absolute Gasteiger partial charge is 0.469 e. The lowest BCUT2D eigenvalue weighted by molar-refractivity contribution is -0.142. The van der Waals surface area contributed by atoms with Crippen molar-refractivity contribution in [2.24, 2.45) is 5.92 Å². The number of piperidine rings is 1. The number of halogens is 4. The van der Waals surface area contributed by atoms with Crippen LogP contribution in [0.15, 0.2) is 12.4 Å². The summed E-state index contributed by atoms with van der Waals surface area (Å²) in [4.78, 5) is 19.9. The summed E-state index contributed by atoms with van der Waals surface area (Å²) in [5.74, 6) is -0.891. The number of hydrogen-bond donors (Lipinski definition) is 0. The predicted molar refractivity (Wildman–Crippen MR) is 68.9 cm³/mol. The van der Waals surface area contributed by atoms with E-state index >= 15 is 0 Å². The fraction of sp³-hybridized carbons (Fsp3) is 0.615. The summed E-state index contributed by atoms with van der Waals surface area (Å²) in [6, 6.07) is 0. The van der Waals surface area contributed by atoms with Gasteiger partial charge in [0, 0.05) is 24.9 Å². The van der Waals surface area contributed by atoms with Crippen LogP contribution in [-0.2, 0) is 15.7 Å². The standard InChI is InChI=1S/C13H15F4N3O2/c1-22-11(21)4-8-2-3-20(7-10(8)14)12-18-5-9(6-19-12)13(15,16)17/h5-6,8,10H,2-4,7H2,1H3. The average molecular weight is 321 g/mol. The zero-order chi connectivity index (χ0) is 16.3. The summed E-state index contributed by atoms with van der Waals surface area (Å²) in [6.07, 6.45) is -4.08. The topological polar surface area (TPSA) is 55.3 Å². The van der Waals surface area contributed by atoms with E-state index in [1.54, 1.807) is 0 Å². The minimum absolute atomic E-state index is 0.0145. The van der Waals surface area contributed by atoms with Crippen LogP contribution in [-0.4, -0.2) is 42.3 Å². The van der Waals surface area contributed by atoms with Crippen molar-refractivity contribution >= 4 is 11.9 Å². The molecule has 5 nitrogen and oxygen atoms in total. The Kier molecular flexibility index (Phi) is 4.82. The number of hydrogen-bond acceptors (Lipinski definition) is 5. The molecule has 1 aromatic rings. The van der Waals surface area contributed by atoms with Crippen LogP contribution in [0.25, 0.3) is 0 Å². The molecule has 122 valence electrons. The second-order valence-electron chi connectivity index (χ2n) is 5.06. The summed E-state index contributed by atoms with van der Waals surface area (Å²) < 4.78 is 55.9. The smallest absolute Gasteiger partial charge is 0.419 e. The summed E-state index contributed by atoms with van der Waals surface area (Å²) >= 11 is 0. The number of anilines is 1. The summed E-state index contributed by atoms with van der Waals surface area (Å²) in [7, 11) is 1.24. The SMILES string of the molecule is COC(=O)CC1CCN(c2ncc(C(F)(F)F)cn2)CC1F. The molecular formula is C13H15F4N3O2. The predicted octanol–water partition coefficient (Wildman–Crippen LogP) is 2.22. The quantitative estimate of drug-likeness (QED) is 0.631. The number of nitrogens with zero attached hydrogens (tertiary/aromatic N) is 3. The maximum atomic E-state index is 14.1. The highest BCUT2D eigenvalue weighted by molar-refractivity contribution is 5.69. The van der Waals surface area contributed by atoms with Gasteiger partial charge in [-0.15, -0.1) is 0 Å². The van der Waals surface area contributed by atoms with Crippen LogP contribution >= 0.6 is 0 Å². The number of carbonyl (C=O) groups is 1. The van der Waals surface area contributed by atoms with E-state index in [2.05, 4.69) is 14.7 Å². The molecule has 1 aromatic heterocycles. The number of methoxy groups -OCH3 is 1. The lowest BCUT2D eigenvalue weighted by atomic mass is 9.92. The maximum absolute atomic E-state index is 14.1. The van der Waals surface area contributed by atoms with Gasteiger partial charge in [-0.05, 0) is 6.42 Å². The molecule has 2 atom stereocenters. The second kappa shape index (κ2) is 6.45. The first kappa shape index (κ1) is 16.4. The van der Waals surface area contributed by atoms with Crippen molar-refractivity contribution in [2.45, 2.75) is 25.2 Å². The van der Waals surface area contributed by atoms with Crippen molar-refractivity contribution in [3.63, 3.8) is 0 Å². The second-order valence-corrected chi connectivity index (χ2v) is 5.06. The van der Waals surface area contributed by atoms with Gasteiger partial charge in [0.2, 0.25) is 5.95 Å².